The number of carbonyl (C=O) groups is 1. The minimum absolute atomic E-state index is 0.0439. The van der Waals surface area contributed by atoms with Crippen LogP contribution in [0, 0.1) is 3.57 Å². The van der Waals surface area contributed by atoms with Crippen LogP contribution in [0.15, 0.2) is 62.4 Å². The molecule has 0 aliphatic carbocycles. The first-order valence-electron chi connectivity index (χ1n) is 10.7. The van der Waals surface area contributed by atoms with Crippen molar-refractivity contribution < 1.29 is 14.6 Å². The van der Waals surface area contributed by atoms with Gasteiger partial charge in [0.25, 0.3) is 5.56 Å². The number of ether oxygens (including phenoxy) is 1. The lowest BCUT2D eigenvalue weighted by Gasteiger charge is -2.25. The smallest absolute Gasteiger partial charge is 0.338 e. The van der Waals surface area contributed by atoms with Crippen molar-refractivity contribution >= 4 is 69.3 Å². The summed E-state index contributed by atoms with van der Waals surface area (Å²) in [5.41, 5.74) is 1.73. The third-order valence-electron chi connectivity index (χ3n) is 5.36. The minimum atomic E-state index is -0.691. The number of rotatable bonds is 5. The molecule has 182 valence electrons. The van der Waals surface area contributed by atoms with Crippen molar-refractivity contribution in [1.82, 2.24) is 4.57 Å². The molecule has 4 rings (SSSR count). The Morgan fingerprint density at radius 3 is 2.63 bits per heavy atom. The zero-order valence-corrected chi connectivity index (χ0v) is 23.9. The van der Waals surface area contributed by atoms with Crippen LogP contribution in [0.25, 0.3) is 6.08 Å². The standard InChI is InChI=1S/C25H22ClIN2O4S2/c1-12(2)33-24(32)20-13(3)28-25-29(21(20)14-5-7-17(34-4)8-6-14)23(31)19(35-25)10-15-9-16(26)11-18(27)22(15)30/h5-12,21,30H,1-4H3/b19-10-/t21-/m1/s1. The highest BCUT2D eigenvalue weighted by Gasteiger charge is 2.33. The number of esters is 1. The lowest BCUT2D eigenvalue weighted by molar-refractivity contribution is -0.143. The number of fused-ring (bicyclic) bond motifs is 1. The summed E-state index contributed by atoms with van der Waals surface area (Å²) in [6.45, 7) is 5.32. The third-order valence-corrected chi connectivity index (χ3v) is 8.13. The summed E-state index contributed by atoms with van der Waals surface area (Å²) in [6.07, 6.45) is 3.27. The highest BCUT2D eigenvalue weighted by Crippen LogP contribution is 2.32. The van der Waals surface area contributed by atoms with E-state index in [0.29, 0.717) is 34.8 Å². The van der Waals surface area contributed by atoms with Crippen LogP contribution in [-0.2, 0) is 9.53 Å². The highest BCUT2D eigenvalue weighted by molar-refractivity contribution is 14.1. The average molecular weight is 641 g/mol. The lowest BCUT2D eigenvalue weighted by Crippen LogP contribution is -2.40. The quantitative estimate of drug-likeness (QED) is 0.245. The summed E-state index contributed by atoms with van der Waals surface area (Å²) in [4.78, 5) is 33.0. The maximum atomic E-state index is 13.7. The van der Waals surface area contributed by atoms with Gasteiger partial charge >= 0.3 is 5.97 Å². The van der Waals surface area contributed by atoms with Crippen LogP contribution in [0.2, 0.25) is 5.02 Å². The molecule has 2 heterocycles. The topological polar surface area (TPSA) is 80.9 Å². The average Bonchev–Trinajstić information content (AvgIpc) is 3.10. The second kappa shape index (κ2) is 10.5. The van der Waals surface area contributed by atoms with Gasteiger partial charge in [-0.1, -0.05) is 35.1 Å². The maximum absolute atomic E-state index is 13.7. The van der Waals surface area contributed by atoms with Crippen LogP contribution in [0.1, 0.15) is 37.9 Å². The molecule has 1 N–H and O–H groups in total. The van der Waals surface area contributed by atoms with Crippen molar-refractivity contribution in [3.05, 3.63) is 87.1 Å². The molecule has 0 bridgehead atoms. The Balaban J connectivity index is 1.96. The Morgan fingerprint density at radius 1 is 1.31 bits per heavy atom. The molecule has 2 aromatic carbocycles. The first-order chi connectivity index (χ1) is 16.6. The molecule has 35 heavy (non-hydrogen) atoms. The third kappa shape index (κ3) is 5.23. The number of halogens is 2. The van der Waals surface area contributed by atoms with Gasteiger partial charge in [-0.3, -0.25) is 9.36 Å². The number of carbonyl (C=O) groups excluding carboxylic acids is 1. The van der Waals surface area contributed by atoms with Gasteiger partial charge in [0.15, 0.2) is 4.80 Å². The van der Waals surface area contributed by atoms with E-state index in [0.717, 1.165) is 10.5 Å². The molecule has 3 aromatic rings. The Kier molecular flexibility index (Phi) is 7.80. The largest absolute Gasteiger partial charge is 0.506 e. The van der Waals surface area contributed by atoms with Gasteiger partial charge in [0.2, 0.25) is 0 Å². The van der Waals surface area contributed by atoms with Crippen LogP contribution in [0.3, 0.4) is 0 Å². The van der Waals surface area contributed by atoms with Crippen LogP contribution < -0.4 is 14.9 Å². The molecule has 1 aliphatic heterocycles. The Hall–Kier alpha value is -2.08. The van der Waals surface area contributed by atoms with E-state index in [4.69, 9.17) is 16.3 Å². The monoisotopic (exact) mass is 640 g/mol. The highest BCUT2D eigenvalue weighted by atomic mass is 127. The minimum Gasteiger partial charge on any atom is -0.506 e. The number of allylic oxidation sites excluding steroid dienone is 1. The van der Waals surface area contributed by atoms with E-state index in [1.165, 1.54) is 15.9 Å². The van der Waals surface area contributed by atoms with Crippen molar-refractivity contribution in [3.8, 4) is 5.75 Å². The van der Waals surface area contributed by atoms with E-state index >= 15 is 0 Å². The molecule has 0 amide bonds. The Bertz CT molecular complexity index is 1520. The number of aromatic hydroxyl groups is 1. The number of thioether (sulfide) groups is 1. The normalized spacial score (nSPS) is 15.9. The number of phenols is 1. The van der Waals surface area contributed by atoms with Crippen molar-refractivity contribution in [2.75, 3.05) is 6.26 Å². The summed E-state index contributed by atoms with van der Waals surface area (Å²) >= 11 is 11.0. The summed E-state index contributed by atoms with van der Waals surface area (Å²) in [6, 6.07) is 10.3. The van der Waals surface area contributed by atoms with E-state index in [-0.39, 0.29) is 17.4 Å². The van der Waals surface area contributed by atoms with Gasteiger partial charge in [0, 0.05) is 15.5 Å². The summed E-state index contributed by atoms with van der Waals surface area (Å²) in [5.74, 6) is -0.459. The fourth-order valence-electron chi connectivity index (χ4n) is 3.80. The molecule has 0 spiro atoms. The number of benzene rings is 2. The molecular formula is C25H22ClIN2O4S2. The van der Waals surface area contributed by atoms with E-state index in [9.17, 15) is 14.7 Å². The van der Waals surface area contributed by atoms with Crippen molar-refractivity contribution in [3.63, 3.8) is 0 Å². The summed E-state index contributed by atoms with van der Waals surface area (Å²) in [7, 11) is 0. The molecule has 0 radical (unpaired) electrons. The van der Waals surface area contributed by atoms with Gasteiger partial charge in [-0.25, -0.2) is 9.79 Å². The number of hydrogen-bond donors (Lipinski definition) is 1. The van der Waals surface area contributed by atoms with Crippen LogP contribution >= 0.6 is 57.3 Å². The van der Waals surface area contributed by atoms with Crippen LogP contribution in [-0.4, -0.2) is 28.0 Å². The van der Waals surface area contributed by atoms with Gasteiger partial charge in [-0.05, 0) is 85.5 Å². The molecule has 0 fully saturated rings. The molecule has 0 unspecified atom stereocenters. The Labute approximate surface area is 229 Å². The SMILES string of the molecule is CSc1ccc([C@@H]2C(C(=O)OC(C)C)=C(C)N=c3s/c(=C\c4cc(Cl)cc(I)c4O)c(=O)n32)cc1. The summed E-state index contributed by atoms with van der Waals surface area (Å²) in [5, 5.41) is 11.0. The van der Waals surface area contributed by atoms with Gasteiger partial charge < -0.3 is 9.84 Å². The zero-order chi connectivity index (χ0) is 25.4. The molecule has 1 aliphatic rings. The van der Waals surface area contributed by atoms with Gasteiger partial charge in [-0.2, -0.15) is 0 Å². The molecular weight excluding hydrogens is 619 g/mol. The van der Waals surface area contributed by atoms with Crippen molar-refractivity contribution in [1.29, 1.82) is 0 Å². The van der Waals surface area contributed by atoms with E-state index in [1.807, 2.05) is 53.1 Å². The Morgan fingerprint density at radius 2 is 2.00 bits per heavy atom. The fourth-order valence-corrected chi connectivity index (χ4v) is 6.30. The van der Waals surface area contributed by atoms with Crippen LogP contribution in [0.5, 0.6) is 5.75 Å². The van der Waals surface area contributed by atoms with E-state index in [2.05, 4.69) is 4.99 Å². The summed E-state index contributed by atoms with van der Waals surface area (Å²) < 4.78 is 8.00. The van der Waals surface area contributed by atoms with Crippen molar-refractivity contribution in [2.24, 2.45) is 4.99 Å². The van der Waals surface area contributed by atoms with Gasteiger partial charge in [0.05, 0.1) is 31.5 Å². The second-order valence-corrected chi connectivity index (χ2v) is 11.6. The van der Waals surface area contributed by atoms with Crippen molar-refractivity contribution in [2.45, 2.75) is 37.8 Å². The first-order valence-corrected chi connectivity index (χ1v) is 14.2. The number of nitrogens with zero attached hydrogens (tertiary/aromatic N) is 2. The second-order valence-electron chi connectivity index (χ2n) is 8.13. The molecule has 0 saturated carbocycles. The van der Waals surface area contributed by atoms with Crippen LogP contribution in [0.4, 0.5) is 0 Å². The predicted molar refractivity (Wildman–Crippen MR) is 149 cm³/mol. The lowest BCUT2D eigenvalue weighted by atomic mass is 9.96. The fraction of sp³-hybridized carbons (Fsp3) is 0.240. The molecule has 1 atom stereocenters. The molecule has 1 aromatic heterocycles. The maximum Gasteiger partial charge on any atom is 0.338 e. The number of aromatic nitrogens is 1. The first kappa shape index (κ1) is 26.0. The number of phenolic OH excluding ortho intramolecular Hbond substituents is 1. The molecule has 10 heteroatoms. The molecule has 0 saturated heterocycles. The zero-order valence-electron chi connectivity index (χ0n) is 19.3. The number of hydrogen-bond acceptors (Lipinski definition) is 7. The van der Waals surface area contributed by atoms with Gasteiger partial charge in [-0.15, -0.1) is 11.8 Å². The van der Waals surface area contributed by atoms with Gasteiger partial charge in [0.1, 0.15) is 5.75 Å². The molecule has 6 nitrogen and oxygen atoms in total. The predicted octanol–water partition coefficient (Wildman–Crippen LogP) is 4.87. The number of thiazole rings is 1. The van der Waals surface area contributed by atoms with E-state index in [1.54, 1.807) is 50.7 Å². The van der Waals surface area contributed by atoms with E-state index < -0.39 is 12.0 Å².